The summed E-state index contributed by atoms with van der Waals surface area (Å²) in [6.07, 6.45) is -0.719. The van der Waals surface area contributed by atoms with Crippen LogP contribution >= 0.6 is 0 Å². The monoisotopic (exact) mass is 342 g/mol. The average molecular weight is 342 g/mol. The predicted octanol–water partition coefficient (Wildman–Crippen LogP) is 1.49. The minimum Gasteiger partial charge on any atom is -0.390 e. The minimum atomic E-state index is -0.719. The van der Waals surface area contributed by atoms with Gasteiger partial charge in [0.1, 0.15) is 5.76 Å². The lowest BCUT2D eigenvalue weighted by Crippen LogP contribution is -2.36. The molecule has 0 saturated heterocycles. The van der Waals surface area contributed by atoms with Gasteiger partial charge in [0.05, 0.1) is 23.7 Å². The molecule has 0 fully saturated rings. The number of benzene rings is 1. The number of rotatable bonds is 6. The number of nitrogens with zero attached hydrogens (tertiary/aromatic N) is 4. The molecule has 1 atom stereocenters. The van der Waals surface area contributed by atoms with Crippen molar-refractivity contribution in [2.45, 2.75) is 33.0 Å². The van der Waals surface area contributed by atoms with Gasteiger partial charge in [0, 0.05) is 13.1 Å². The molecule has 0 aliphatic heterocycles. The summed E-state index contributed by atoms with van der Waals surface area (Å²) >= 11 is 0. The molecule has 3 aromatic rings. The molecule has 0 spiro atoms. The molecule has 0 saturated carbocycles. The Kier molecular flexibility index (Phi) is 4.96. The van der Waals surface area contributed by atoms with Crippen molar-refractivity contribution in [2.75, 3.05) is 13.6 Å². The number of aromatic nitrogens is 3. The highest BCUT2D eigenvalue weighted by molar-refractivity contribution is 5.81. The van der Waals surface area contributed by atoms with Gasteiger partial charge in [0.25, 0.3) is 5.56 Å². The lowest BCUT2D eigenvalue weighted by molar-refractivity contribution is 0.102. The van der Waals surface area contributed by atoms with E-state index in [0.717, 1.165) is 6.54 Å². The standard InChI is InChI=1S/C18H22N4O3/c1-12-16-13(2)25-20-17(16)18(24)22(19-12)11-15(23)10-21(3)9-14-7-5-4-6-8-14/h4-8,15,23H,9-11H2,1-3H3/t15-/m1/s1. The van der Waals surface area contributed by atoms with Crippen LogP contribution in [0.4, 0.5) is 0 Å². The maximum atomic E-state index is 12.5. The van der Waals surface area contributed by atoms with Crippen molar-refractivity contribution in [3.8, 4) is 0 Å². The largest absolute Gasteiger partial charge is 0.390 e. The van der Waals surface area contributed by atoms with E-state index in [0.29, 0.717) is 23.4 Å². The number of fused-ring (bicyclic) bond motifs is 1. The fourth-order valence-corrected chi connectivity index (χ4v) is 3.04. The summed E-state index contributed by atoms with van der Waals surface area (Å²) in [6, 6.07) is 10.0. The molecule has 0 radical (unpaired) electrons. The van der Waals surface area contributed by atoms with Gasteiger partial charge in [-0.15, -0.1) is 0 Å². The topological polar surface area (TPSA) is 84.4 Å². The molecule has 2 aromatic heterocycles. The normalized spacial score (nSPS) is 12.8. The zero-order valence-corrected chi connectivity index (χ0v) is 14.6. The van der Waals surface area contributed by atoms with E-state index in [1.165, 1.54) is 10.2 Å². The molecule has 132 valence electrons. The Balaban J connectivity index is 1.70. The van der Waals surface area contributed by atoms with Crippen LogP contribution < -0.4 is 5.56 Å². The molecule has 1 N–H and O–H groups in total. The van der Waals surface area contributed by atoms with Crippen LogP contribution in [0.1, 0.15) is 17.0 Å². The van der Waals surface area contributed by atoms with Gasteiger partial charge in [-0.3, -0.25) is 9.69 Å². The Bertz CT molecular complexity index is 917. The molecular weight excluding hydrogens is 320 g/mol. The van der Waals surface area contributed by atoms with Crippen LogP contribution in [-0.2, 0) is 13.1 Å². The Morgan fingerprint density at radius 1 is 1.28 bits per heavy atom. The van der Waals surface area contributed by atoms with Crippen molar-refractivity contribution in [3.05, 3.63) is 57.7 Å². The van der Waals surface area contributed by atoms with E-state index < -0.39 is 6.10 Å². The highest BCUT2D eigenvalue weighted by Gasteiger charge is 2.17. The maximum absolute atomic E-state index is 12.5. The lowest BCUT2D eigenvalue weighted by Gasteiger charge is -2.21. The van der Waals surface area contributed by atoms with Crippen LogP contribution in [0.25, 0.3) is 10.9 Å². The third-order valence-electron chi connectivity index (χ3n) is 4.13. The number of aliphatic hydroxyl groups is 1. The summed E-state index contributed by atoms with van der Waals surface area (Å²) in [5, 5.41) is 19.1. The van der Waals surface area contributed by atoms with Gasteiger partial charge in [0.15, 0.2) is 5.52 Å². The quantitative estimate of drug-likeness (QED) is 0.731. The van der Waals surface area contributed by atoms with Crippen molar-refractivity contribution in [2.24, 2.45) is 0 Å². The van der Waals surface area contributed by atoms with Crippen molar-refractivity contribution in [1.29, 1.82) is 0 Å². The van der Waals surface area contributed by atoms with Gasteiger partial charge in [-0.05, 0) is 26.5 Å². The van der Waals surface area contributed by atoms with Crippen molar-refractivity contribution in [1.82, 2.24) is 19.8 Å². The van der Waals surface area contributed by atoms with E-state index >= 15 is 0 Å². The smallest absolute Gasteiger partial charge is 0.296 e. The SMILES string of the molecule is Cc1nn(C[C@H](O)CN(C)Cc2ccccc2)c(=O)c2noc(C)c12. The van der Waals surface area contributed by atoms with E-state index in [2.05, 4.69) is 10.3 Å². The molecule has 7 heteroatoms. The summed E-state index contributed by atoms with van der Waals surface area (Å²) in [6.45, 7) is 4.82. The number of hydrogen-bond acceptors (Lipinski definition) is 6. The van der Waals surface area contributed by atoms with Crippen LogP contribution in [0.3, 0.4) is 0 Å². The average Bonchev–Trinajstić information content (AvgIpc) is 2.95. The van der Waals surface area contributed by atoms with Crippen molar-refractivity contribution >= 4 is 10.9 Å². The second-order valence-corrected chi connectivity index (χ2v) is 6.37. The highest BCUT2D eigenvalue weighted by Crippen LogP contribution is 2.16. The van der Waals surface area contributed by atoms with Crippen LogP contribution in [0.15, 0.2) is 39.6 Å². The fourth-order valence-electron chi connectivity index (χ4n) is 3.04. The molecule has 25 heavy (non-hydrogen) atoms. The zero-order chi connectivity index (χ0) is 18.0. The van der Waals surface area contributed by atoms with Gasteiger partial charge < -0.3 is 9.63 Å². The Morgan fingerprint density at radius 2 is 2.00 bits per heavy atom. The highest BCUT2D eigenvalue weighted by atomic mass is 16.5. The van der Waals surface area contributed by atoms with Gasteiger partial charge >= 0.3 is 0 Å². The van der Waals surface area contributed by atoms with Crippen LogP contribution in [0, 0.1) is 13.8 Å². The Labute approximate surface area is 145 Å². The summed E-state index contributed by atoms with van der Waals surface area (Å²) < 4.78 is 6.36. The second-order valence-electron chi connectivity index (χ2n) is 6.37. The summed E-state index contributed by atoms with van der Waals surface area (Å²) in [5.74, 6) is 0.576. The maximum Gasteiger partial charge on any atom is 0.296 e. The molecule has 0 aliphatic rings. The predicted molar refractivity (Wildman–Crippen MR) is 94.3 cm³/mol. The Morgan fingerprint density at radius 3 is 2.72 bits per heavy atom. The van der Waals surface area contributed by atoms with Gasteiger partial charge in [-0.1, -0.05) is 35.5 Å². The molecule has 1 aromatic carbocycles. The van der Waals surface area contributed by atoms with Gasteiger partial charge in [-0.2, -0.15) is 5.10 Å². The van der Waals surface area contributed by atoms with E-state index in [9.17, 15) is 9.90 Å². The Hall–Kier alpha value is -2.51. The zero-order valence-electron chi connectivity index (χ0n) is 14.6. The molecule has 2 heterocycles. The third kappa shape index (κ3) is 3.78. The summed E-state index contributed by atoms with van der Waals surface area (Å²) in [5.41, 5.74) is 1.75. The van der Waals surface area contributed by atoms with E-state index in [1.807, 2.05) is 42.3 Å². The first-order valence-corrected chi connectivity index (χ1v) is 8.20. The van der Waals surface area contributed by atoms with Crippen LogP contribution in [0.5, 0.6) is 0 Å². The first kappa shape index (κ1) is 17.3. The minimum absolute atomic E-state index is 0.112. The van der Waals surface area contributed by atoms with E-state index in [-0.39, 0.29) is 17.6 Å². The van der Waals surface area contributed by atoms with Gasteiger partial charge in [0.2, 0.25) is 0 Å². The fraction of sp³-hybridized carbons (Fsp3) is 0.389. The number of aryl methyl sites for hydroxylation is 2. The first-order valence-electron chi connectivity index (χ1n) is 8.20. The lowest BCUT2D eigenvalue weighted by atomic mass is 10.2. The molecular formula is C18H22N4O3. The van der Waals surface area contributed by atoms with E-state index in [4.69, 9.17) is 4.52 Å². The summed E-state index contributed by atoms with van der Waals surface area (Å²) in [4.78, 5) is 14.5. The first-order chi connectivity index (χ1) is 12.0. The van der Waals surface area contributed by atoms with Crippen molar-refractivity contribution in [3.63, 3.8) is 0 Å². The van der Waals surface area contributed by atoms with Crippen LogP contribution in [-0.4, -0.2) is 44.6 Å². The van der Waals surface area contributed by atoms with Crippen molar-refractivity contribution < 1.29 is 9.63 Å². The van der Waals surface area contributed by atoms with Crippen LogP contribution in [0.2, 0.25) is 0 Å². The number of likely N-dealkylation sites (N-methyl/N-ethyl adjacent to an activating group) is 1. The third-order valence-corrected chi connectivity index (χ3v) is 4.13. The summed E-state index contributed by atoms with van der Waals surface area (Å²) in [7, 11) is 1.93. The molecule has 3 rings (SSSR count). The second kappa shape index (κ2) is 7.16. The molecule has 0 unspecified atom stereocenters. The molecule has 0 bridgehead atoms. The number of hydrogen-bond donors (Lipinski definition) is 1. The molecule has 0 amide bonds. The molecule has 0 aliphatic carbocycles. The molecule has 7 nitrogen and oxygen atoms in total. The van der Waals surface area contributed by atoms with E-state index in [1.54, 1.807) is 13.8 Å². The van der Waals surface area contributed by atoms with Gasteiger partial charge in [-0.25, -0.2) is 4.68 Å². The number of aliphatic hydroxyl groups excluding tert-OH is 1.